The van der Waals surface area contributed by atoms with Gasteiger partial charge >= 0.3 is 0 Å². The summed E-state index contributed by atoms with van der Waals surface area (Å²) in [4.78, 5) is 16.3. The zero-order valence-corrected chi connectivity index (χ0v) is 16.5. The molecule has 0 radical (unpaired) electrons. The second kappa shape index (κ2) is 9.74. The summed E-state index contributed by atoms with van der Waals surface area (Å²) < 4.78 is 8.16. The molecule has 5 heteroatoms. The number of hydrogen-bond acceptors (Lipinski definition) is 3. The van der Waals surface area contributed by atoms with E-state index in [2.05, 4.69) is 28.9 Å². The molecular weight excluding hydrogens is 350 g/mol. The monoisotopic (exact) mass is 377 g/mol. The Labute approximate surface area is 166 Å². The van der Waals surface area contributed by atoms with Gasteiger partial charge in [-0.15, -0.1) is 0 Å². The van der Waals surface area contributed by atoms with Gasteiger partial charge in [-0.25, -0.2) is 4.98 Å². The number of hydrogen-bond donors (Lipinski definition) is 1. The molecule has 2 aromatic carbocycles. The molecule has 5 nitrogen and oxygen atoms in total. The third-order valence-corrected chi connectivity index (χ3v) is 4.50. The van der Waals surface area contributed by atoms with Crippen LogP contribution in [0.4, 0.5) is 0 Å². The molecule has 1 aromatic heterocycles. The van der Waals surface area contributed by atoms with Gasteiger partial charge in [0.25, 0.3) is 0 Å². The minimum absolute atomic E-state index is 0.0532. The van der Waals surface area contributed by atoms with Gasteiger partial charge in [-0.05, 0) is 56.2 Å². The highest BCUT2D eigenvalue weighted by Gasteiger charge is 2.10. The maximum Gasteiger partial charge on any atom is 0.243 e. The Morgan fingerprint density at radius 2 is 2.07 bits per heavy atom. The summed E-state index contributed by atoms with van der Waals surface area (Å²) in [5.41, 5.74) is 3.29. The third kappa shape index (κ3) is 5.22. The van der Waals surface area contributed by atoms with E-state index in [4.69, 9.17) is 9.72 Å². The van der Waals surface area contributed by atoms with E-state index in [0.29, 0.717) is 13.2 Å². The maximum absolute atomic E-state index is 11.5. The summed E-state index contributed by atoms with van der Waals surface area (Å²) in [6.45, 7) is 5.83. The molecular formula is C23H27N3O2. The van der Waals surface area contributed by atoms with Crippen LogP contribution in [0.15, 0.2) is 60.7 Å². The summed E-state index contributed by atoms with van der Waals surface area (Å²) in [7, 11) is 0. The number of aromatic nitrogens is 2. The predicted octanol–water partition coefficient (Wildman–Crippen LogP) is 4.05. The number of para-hydroxylation sites is 2. The number of allylic oxidation sites excluding steroid dienone is 1. The van der Waals surface area contributed by atoms with Crippen LogP contribution >= 0.6 is 0 Å². The van der Waals surface area contributed by atoms with Crippen LogP contribution in [-0.4, -0.2) is 28.6 Å². The van der Waals surface area contributed by atoms with Crippen molar-refractivity contribution in [1.29, 1.82) is 0 Å². The Morgan fingerprint density at radius 3 is 2.89 bits per heavy atom. The number of fused-ring (bicyclic) bond motifs is 1. The smallest absolute Gasteiger partial charge is 0.243 e. The summed E-state index contributed by atoms with van der Waals surface area (Å²) in [6.07, 6.45) is 4.92. The number of amides is 1. The number of carbonyl (C=O) groups is 1. The van der Waals surface area contributed by atoms with Gasteiger partial charge in [-0.3, -0.25) is 4.79 Å². The number of aryl methyl sites for hydroxylation is 2. The van der Waals surface area contributed by atoms with Crippen LogP contribution in [0, 0.1) is 6.92 Å². The Hall–Kier alpha value is -3.08. The van der Waals surface area contributed by atoms with Gasteiger partial charge in [0.05, 0.1) is 17.6 Å². The summed E-state index contributed by atoms with van der Waals surface area (Å²) in [6, 6.07) is 16.2. The van der Waals surface area contributed by atoms with Gasteiger partial charge in [0, 0.05) is 13.0 Å². The van der Waals surface area contributed by atoms with Crippen molar-refractivity contribution in [2.45, 2.75) is 33.2 Å². The molecule has 28 heavy (non-hydrogen) atoms. The van der Waals surface area contributed by atoms with Crippen LogP contribution < -0.4 is 10.1 Å². The number of nitrogens with zero attached hydrogens (tertiary/aromatic N) is 2. The van der Waals surface area contributed by atoms with Crippen LogP contribution in [0.2, 0.25) is 0 Å². The van der Waals surface area contributed by atoms with Crippen LogP contribution in [-0.2, 0) is 17.8 Å². The normalized spacial score (nSPS) is 11.2. The third-order valence-electron chi connectivity index (χ3n) is 4.50. The van der Waals surface area contributed by atoms with Crippen LogP contribution in [0.25, 0.3) is 11.0 Å². The Kier molecular flexibility index (Phi) is 6.84. The van der Waals surface area contributed by atoms with E-state index < -0.39 is 0 Å². The summed E-state index contributed by atoms with van der Waals surface area (Å²) in [5, 5.41) is 2.89. The van der Waals surface area contributed by atoms with Gasteiger partial charge < -0.3 is 14.6 Å². The number of imidazole rings is 1. The maximum atomic E-state index is 11.5. The van der Waals surface area contributed by atoms with Gasteiger partial charge in [0.1, 0.15) is 18.2 Å². The first-order valence-electron chi connectivity index (χ1n) is 9.71. The number of rotatable bonds is 9. The van der Waals surface area contributed by atoms with Crippen molar-refractivity contribution in [3.8, 4) is 5.75 Å². The lowest BCUT2D eigenvalue weighted by atomic mass is 10.2. The number of benzene rings is 2. The zero-order valence-electron chi connectivity index (χ0n) is 16.5. The molecule has 3 rings (SSSR count). The standard InChI is InChI=1S/C23H27N3O2/c1-3-8-23(27)24-14-7-13-22-25-20-11-4-5-12-21(20)26(22)15-16-28-19-10-6-9-18(2)17-19/h3-6,8-12,17H,7,13-16H2,1-2H3,(H,24,27)/b8-3-. The molecule has 0 bridgehead atoms. The molecule has 0 fully saturated rings. The molecule has 0 aliphatic heterocycles. The molecule has 0 aliphatic carbocycles. The van der Waals surface area contributed by atoms with Crippen LogP contribution in [0.3, 0.4) is 0 Å². The molecule has 1 N–H and O–H groups in total. The quantitative estimate of drug-likeness (QED) is 0.452. The van der Waals surface area contributed by atoms with E-state index in [-0.39, 0.29) is 5.91 Å². The molecule has 0 spiro atoms. The largest absolute Gasteiger partial charge is 0.492 e. The second-order valence-corrected chi connectivity index (χ2v) is 6.73. The molecule has 3 aromatic rings. The Morgan fingerprint density at radius 1 is 1.21 bits per heavy atom. The fourth-order valence-electron chi connectivity index (χ4n) is 3.19. The lowest BCUT2D eigenvalue weighted by Crippen LogP contribution is -2.23. The topological polar surface area (TPSA) is 56.2 Å². The molecule has 0 saturated carbocycles. The lowest BCUT2D eigenvalue weighted by molar-refractivity contribution is -0.116. The first-order valence-corrected chi connectivity index (χ1v) is 9.71. The molecule has 0 unspecified atom stereocenters. The average molecular weight is 377 g/mol. The summed E-state index contributed by atoms with van der Waals surface area (Å²) in [5.74, 6) is 1.86. The summed E-state index contributed by atoms with van der Waals surface area (Å²) >= 11 is 0. The zero-order chi connectivity index (χ0) is 19.8. The van der Waals surface area contributed by atoms with Crippen molar-refractivity contribution in [2.75, 3.05) is 13.2 Å². The number of ether oxygens (including phenoxy) is 1. The van der Waals surface area contributed by atoms with Gasteiger partial charge in [0.15, 0.2) is 0 Å². The average Bonchev–Trinajstić information content (AvgIpc) is 3.03. The number of nitrogens with one attached hydrogen (secondary N) is 1. The van der Waals surface area contributed by atoms with E-state index >= 15 is 0 Å². The fraction of sp³-hybridized carbons (Fsp3) is 0.304. The van der Waals surface area contributed by atoms with Crippen molar-refractivity contribution in [3.63, 3.8) is 0 Å². The highest BCUT2D eigenvalue weighted by molar-refractivity contribution is 5.87. The van der Waals surface area contributed by atoms with E-state index in [9.17, 15) is 4.79 Å². The fourth-order valence-corrected chi connectivity index (χ4v) is 3.19. The Bertz CT molecular complexity index is 959. The van der Waals surface area contributed by atoms with Crippen LogP contribution in [0.5, 0.6) is 5.75 Å². The molecule has 1 heterocycles. The second-order valence-electron chi connectivity index (χ2n) is 6.73. The van der Waals surface area contributed by atoms with Crippen LogP contribution in [0.1, 0.15) is 24.7 Å². The first kappa shape index (κ1) is 19.7. The molecule has 0 atom stereocenters. The van der Waals surface area contributed by atoms with E-state index in [1.54, 1.807) is 6.08 Å². The molecule has 0 aliphatic rings. The lowest BCUT2D eigenvalue weighted by Gasteiger charge is -2.11. The van der Waals surface area contributed by atoms with Gasteiger partial charge in [-0.1, -0.05) is 30.3 Å². The number of carbonyl (C=O) groups excluding carboxylic acids is 1. The molecule has 0 saturated heterocycles. The van der Waals surface area contributed by atoms with E-state index in [1.807, 2.05) is 43.3 Å². The van der Waals surface area contributed by atoms with Crippen molar-refractivity contribution in [2.24, 2.45) is 0 Å². The van der Waals surface area contributed by atoms with Gasteiger partial charge in [-0.2, -0.15) is 0 Å². The van der Waals surface area contributed by atoms with Crippen molar-refractivity contribution in [1.82, 2.24) is 14.9 Å². The molecule has 1 amide bonds. The minimum Gasteiger partial charge on any atom is -0.492 e. The van der Waals surface area contributed by atoms with Crippen molar-refractivity contribution < 1.29 is 9.53 Å². The Balaban J connectivity index is 1.64. The van der Waals surface area contributed by atoms with Crippen molar-refractivity contribution in [3.05, 3.63) is 72.1 Å². The van der Waals surface area contributed by atoms with E-state index in [1.165, 1.54) is 11.6 Å². The minimum atomic E-state index is -0.0532. The molecule has 146 valence electrons. The SMILES string of the molecule is C/C=C\C(=O)NCCCc1nc2ccccc2n1CCOc1cccc(C)c1. The first-order chi connectivity index (χ1) is 13.7. The van der Waals surface area contributed by atoms with Gasteiger partial charge in [0.2, 0.25) is 5.91 Å². The van der Waals surface area contributed by atoms with Crippen molar-refractivity contribution >= 4 is 16.9 Å². The predicted molar refractivity (Wildman–Crippen MR) is 113 cm³/mol. The highest BCUT2D eigenvalue weighted by Crippen LogP contribution is 2.18. The highest BCUT2D eigenvalue weighted by atomic mass is 16.5. The van der Waals surface area contributed by atoms with E-state index in [0.717, 1.165) is 42.0 Å².